The van der Waals surface area contributed by atoms with E-state index in [0.29, 0.717) is 0 Å². The molecule has 11 rings (SSSR count). The Morgan fingerprint density at radius 1 is 0.360 bits per heavy atom. The van der Waals surface area contributed by atoms with E-state index in [-0.39, 0.29) is 0 Å². The van der Waals surface area contributed by atoms with Gasteiger partial charge in [0.25, 0.3) is 0 Å². The largest absolute Gasteiger partial charge is 0.309 e. The molecule has 50 heavy (non-hydrogen) atoms. The molecule has 0 saturated carbocycles. The van der Waals surface area contributed by atoms with Crippen molar-refractivity contribution in [3.05, 3.63) is 176 Å². The average molecular weight is 636 g/mol. The van der Waals surface area contributed by atoms with Crippen LogP contribution in [0.5, 0.6) is 0 Å². The van der Waals surface area contributed by atoms with Crippen LogP contribution in [0, 0.1) is 0 Å². The predicted octanol–water partition coefficient (Wildman–Crippen LogP) is 12.4. The lowest BCUT2D eigenvalue weighted by Crippen LogP contribution is -1.99. The van der Waals surface area contributed by atoms with Gasteiger partial charge in [0.05, 0.1) is 22.1 Å². The van der Waals surface area contributed by atoms with Crippen LogP contribution in [0.4, 0.5) is 0 Å². The fourth-order valence-corrected chi connectivity index (χ4v) is 8.37. The lowest BCUT2D eigenvalue weighted by Gasteiger charge is -2.14. The van der Waals surface area contributed by atoms with Crippen molar-refractivity contribution in [2.75, 3.05) is 0 Å². The number of pyridine rings is 1. The van der Waals surface area contributed by atoms with E-state index in [1.165, 1.54) is 82.1 Å². The van der Waals surface area contributed by atoms with Crippen molar-refractivity contribution in [2.24, 2.45) is 0 Å². The van der Waals surface area contributed by atoms with Gasteiger partial charge in [-0.2, -0.15) is 0 Å². The molecule has 3 heteroatoms. The molecule has 0 atom stereocenters. The fourth-order valence-electron chi connectivity index (χ4n) is 8.37. The standard InChI is InChI=1S/C47H29N3/c1-3-12-30(13-4-1)40-29-48-47(38-19-8-7-17-35(38)40)50-43-21-11-14-31-22-24-37-34(25-27-44(50)46(37)45(31)43)32-23-26-42-39(28-32)36-18-9-10-20-41(36)49(42)33-15-5-2-6-16-33/h1-29H. The summed E-state index contributed by atoms with van der Waals surface area (Å²) in [5.41, 5.74) is 10.7. The Bertz CT molecular complexity index is 3080. The number of rotatable bonds is 4. The molecule has 0 aliphatic carbocycles. The number of aromatic nitrogens is 3. The van der Waals surface area contributed by atoms with Crippen molar-refractivity contribution < 1.29 is 0 Å². The molecule has 0 spiro atoms. The summed E-state index contributed by atoms with van der Waals surface area (Å²) in [6.07, 6.45) is 2.04. The number of hydrogen-bond acceptors (Lipinski definition) is 1. The highest BCUT2D eigenvalue weighted by molar-refractivity contribution is 6.27. The van der Waals surface area contributed by atoms with Gasteiger partial charge in [-0.3, -0.25) is 4.57 Å². The van der Waals surface area contributed by atoms with Gasteiger partial charge in [0.2, 0.25) is 0 Å². The molecule has 232 valence electrons. The summed E-state index contributed by atoms with van der Waals surface area (Å²) >= 11 is 0. The maximum atomic E-state index is 5.22. The molecule has 0 saturated heterocycles. The zero-order valence-corrected chi connectivity index (χ0v) is 27.1. The molecule has 0 unspecified atom stereocenters. The van der Waals surface area contributed by atoms with Crippen LogP contribution in [0.25, 0.3) is 98.9 Å². The predicted molar refractivity (Wildman–Crippen MR) is 210 cm³/mol. The van der Waals surface area contributed by atoms with Gasteiger partial charge in [-0.05, 0) is 75.3 Å². The van der Waals surface area contributed by atoms with E-state index < -0.39 is 0 Å². The van der Waals surface area contributed by atoms with E-state index in [1.807, 2.05) is 6.20 Å². The van der Waals surface area contributed by atoms with E-state index in [1.54, 1.807) is 0 Å². The van der Waals surface area contributed by atoms with Crippen LogP contribution in [0.15, 0.2) is 176 Å². The van der Waals surface area contributed by atoms with Crippen molar-refractivity contribution in [3.8, 4) is 33.8 Å². The van der Waals surface area contributed by atoms with Gasteiger partial charge in [0.15, 0.2) is 0 Å². The molecule has 8 aromatic carbocycles. The smallest absolute Gasteiger partial charge is 0.145 e. The van der Waals surface area contributed by atoms with E-state index >= 15 is 0 Å². The number of hydrogen-bond donors (Lipinski definition) is 0. The lowest BCUT2D eigenvalue weighted by atomic mass is 9.94. The molecule has 0 aliphatic heterocycles. The van der Waals surface area contributed by atoms with Crippen LogP contribution in [0.1, 0.15) is 0 Å². The first-order chi connectivity index (χ1) is 24.8. The second-order valence-corrected chi connectivity index (χ2v) is 13.2. The Hall–Kier alpha value is -6.71. The van der Waals surface area contributed by atoms with Crippen molar-refractivity contribution >= 4 is 65.2 Å². The Morgan fingerprint density at radius 2 is 1.04 bits per heavy atom. The molecular formula is C47H29N3. The summed E-state index contributed by atoms with van der Waals surface area (Å²) in [5.74, 6) is 0.952. The molecule has 0 amide bonds. The number of benzene rings is 8. The van der Waals surface area contributed by atoms with Crippen LogP contribution in [-0.4, -0.2) is 14.1 Å². The van der Waals surface area contributed by atoms with Crippen LogP contribution in [0.2, 0.25) is 0 Å². The fraction of sp³-hybridized carbons (Fsp3) is 0. The highest BCUT2D eigenvalue weighted by Crippen LogP contribution is 2.44. The number of fused-ring (bicyclic) bond motifs is 4. The van der Waals surface area contributed by atoms with Gasteiger partial charge in [0, 0.05) is 44.4 Å². The Kier molecular flexibility index (Phi) is 5.67. The quantitative estimate of drug-likeness (QED) is 0.176. The minimum Gasteiger partial charge on any atom is -0.309 e. The van der Waals surface area contributed by atoms with Gasteiger partial charge in [0.1, 0.15) is 5.82 Å². The van der Waals surface area contributed by atoms with Crippen LogP contribution in [-0.2, 0) is 0 Å². The Labute approximate surface area is 288 Å². The third-order valence-electron chi connectivity index (χ3n) is 10.5. The SMILES string of the molecule is c1ccc(-c2cnc(-n3c4cccc5ccc6c(-c7ccc8c(c7)c7ccccc7n8-c7ccccc7)ccc3c6c54)c3ccccc23)cc1. The Balaban J connectivity index is 1.17. The molecule has 11 aromatic rings. The molecule has 3 heterocycles. The van der Waals surface area contributed by atoms with Crippen molar-refractivity contribution in [3.63, 3.8) is 0 Å². The van der Waals surface area contributed by atoms with E-state index in [2.05, 4.69) is 179 Å². The van der Waals surface area contributed by atoms with E-state index in [0.717, 1.165) is 16.8 Å². The molecular weight excluding hydrogens is 607 g/mol. The summed E-state index contributed by atoms with van der Waals surface area (Å²) < 4.78 is 4.75. The van der Waals surface area contributed by atoms with Gasteiger partial charge < -0.3 is 4.57 Å². The highest BCUT2D eigenvalue weighted by atomic mass is 15.1. The second kappa shape index (κ2) is 10.4. The molecule has 3 nitrogen and oxygen atoms in total. The van der Waals surface area contributed by atoms with Gasteiger partial charge in [-0.15, -0.1) is 0 Å². The van der Waals surface area contributed by atoms with E-state index in [4.69, 9.17) is 4.98 Å². The molecule has 0 fully saturated rings. The molecule has 0 N–H and O–H groups in total. The monoisotopic (exact) mass is 635 g/mol. The summed E-state index contributed by atoms with van der Waals surface area (Å²) in [6.45, 7) is 0. The summed E-state index contributed by atoms with van der Waals surface area (Å²) in [6, 6.07) is 61.4. The molecule has 0 radical (unpaired) electrons. The molecule has 0 aliphatic rings. The first kappa shape index (κ1) is 27.3. The van der Waals surface area contributed by atoms with Gasteiger partial charge >= 0.3 is 0 Å². The second-order valence-electron chi connectivity index (χ2n) is 13.2. The normalized spacial score (nSPS) is 12.0. The summed E-state index contributed by atoms with van der Waals surface area (Å²) in [7, 11) is 0. The van der Waals surface area contributed by atoms with Crippen molar-refractivity contribution in [2.45, 2.75) is 0 Å². The van der Waals surface area contributed by atoms with Crippen molar-refractivity contribution in [1.29, 1.82) is 0 Å². The average Bonchev–Trinajstić information content (AvgIpc) is 3.70. The number of nitrogens with zero attached hydrogens (tertiary/aromatic N) is 3. The summed E-state index contributed by atoms with van der Waals surface area (Å²) in [5, 5.41) is 9.89. The first-order valence-electron chi connectivity index (χ1n) is 17.1. The lowest BCUT2D eigenvalue weighted by molar-refractivity contribution is 1.10. The van der Waals surface area contributed by atoms with Gasteiger partial charge in [-0.1, -0.05) is 127 Å². The maximum absolute atomic E-state index is 5.22. The third kappa shape index (κ3) is 3.77. The summed E-state index contributed by atoms with van der Waals surface area (Å²) in [4.78, 5) is 5.22. The van der Waals surface area contributed by atoms with Crippen molar-refractivity contribution in [1.82, 2.24) is 14.1 Å². The maximum Gasteiger partial charge on any atom is 0.145 e. The Morgan fingerprint density at radius 3 is 1.90 bits per heavy atom. The van der Waals surface area contributed by atoms with E-state index in [9.17, 15) is 0 Å². The number of para-hydroxylation sites is 2. The molecule has 0 bridgehead atoms. The highest BCUT2D eigenvalue weighted by Gasteiger charge is 2.22. The zero-order chi connectivity index (χ0) is 32.8. The third-order valence-corrected chi connectivity index (χ3v) is 10.5. The van der Waals surface area contributed by atoms with Crippen LogP contribution < -0.4 is 0 Å². The van der Waals surface area contributed by atoms with Crippen LogP contribution >= 0.6 is 0 Å². The molecule has 3 aromatic heterocycles. The minimum atomic E-state index is 0.952. The topological polar surface area (TPSA) is 22.8 Å². The minimum absolute atomic E-state index is 0.952. The van der Waals surface area contributed by atoms with Crippen LogP contribution in [0.3, 0.4) is 0 Å². The first-order valence-corrected chi connectivity index (χ1v) is 17.1. The zero-order valence-electron chi connectivity index (χ0n) is 27.1. The van der Waals surface area contributed by atoms with Gasteiger partial charge in [-0.25, -0.2) is 4.98 Å².